The highest BCUT2D eigenvalue weighted by Gasteiger charge is 2.46. The standard InChI is InChI=1S/C13H19NO4/c1-7-8(4-9(18-7)12(16)17)6-14-10-5-11(15)13(10,2)3/h4,10-11,14-15H,5-6H2,1-3H3,(H,16,17). The molecule has 0 aliphatic heterocycles. The Bertz CT molecular complexity index is 464. The number of furan rings is 1. The Labute approximate surface area is 106 Å². The summed E-state index contributed by atoms with van der Waals surface area (Å²) in [6.07, 6.45) is 0.463. The van der Waals surface area contributed by atoms with Crippen molar-refractivity contribution in [3.8, 4) is 0 Å². The van der Waals surface area contributed by atoms with Gasteiger partial charge in [0.15, 0.2) is 0 Å². The summed E-state index contributed by atoms with van der Waals surface area (Å²) in [4.78, 5) is 10.8. The lowest BCUT2D eigenvalue weighted by atomic mass is 9.64. The summed E-state index contributed by atoms with van der Waals surface area (Å²) in [5, 5.41) is 21.8. The van der Waals surface area contributed by atoms with Gasteiger partial charge >= 0.3 is 5.97 Å². The Hall–Kier alpha value is -1.33. The van der Waals surface area contributed by atoms with Gasteiger partial charge in [-0.05, 0) is 19.4 Å². The van der Waals surface area contributed by atoms with E-state index >= 15 is 0 Å². The first-order valence-corrected chi connectivity index (χ1v) is 6.06. The predicted octanol–water partition coefficient (Wildman–Crippen LogP) is 1.54. The van der Waals surface area contributed by atoms with Crippen molar-refractivity contribution in [3.63, 3.8) is 0 Å². The molecule has 2 atom stereocenters. The summed E-state index contributed by atoms with van der Waals surface area (Å²) in [5.74, 6) is -0.460. The molecule has 0 spiro atoms. The molecule has 2 rings (SSSR count). The van der Waals surface area contributed by atoms with Gasteiger partial charge < -0.3 is 19.9 Å². The maximum Gasteiger partial charge on any atom is 0.371 e. The van der Waals surface area contributed by atoms with E-state index in [1.807, 2.05) is 13.8 Å². The van der Waals surface area contributed by atoms with Crippen LogP contribution in [-0.4, -0.2) is 28.3 Å². The van der Waals surface area contributed by atoms with Gasteiger partial charge in [-0.1, -0.05) is 13.8 Å². The first kappa shape index (κ1) is 13.1. The number of aliphatic hydroxyl groups is 1. The van der Waals surface area contributed by atoms with Crippen molar-refractivity contribution in [2.24, 2.45) is 5.41 Å². The van der Waals surface area contributed by atoms with Crippen LogP contribution in [0.4, 0.5) is 0 Å². The summed E-state index contributed by atoms with van der Waals surface area (Å²) >= 11 is 0. The monoisotopic (exact) mass is 253 g/mol. The Kier molecular flexibility index (Phi) is 3.21. The van der Waals surface area contributed by atoms with E-state index in [1.54, 1.807) is 13.0 Å². The normalized spacial score (nSPS) is 25.8. The average molecular weight is 253 g/mol. The minimum atomic E-state index is -1.05. The predicted molar refractivity (Wildman–Crippen MR) is 65.4 cm³/mol. The molecule has 2 unspecified atom stereocenters. The molecule has 1 aliphatic carbocycles. The van der Waals surface area contributed by atoms with Gasteiger partial charge in [-0.15, -0.1) is 0 Å². The Morgan fingerprint density at radius 2 is 2.28 bits per heavy atom. The van der Waals surface area contributed by atoms with E-state index in [0.29, 0.717) is 12.3 Å². The molecule has 18 heavy (non-hydrogen) atoms. The molecule has 1 aromatic rings. The lowest BCUT2D eigenvalue weighted by molar-refractivity contribution is -0.0730. The quantitative estimate of drug-likeness (QED) is 0.758. The molecule has 1 heterocycles. The fraction of sp³-hybridized carbons (Fsp3) is 0.615. The molecule has 5 nitrogen and oxygen atoms in total. The van der Waals surface area contributed by atoms with Crippen molar-refractivity contribution in [3.05, 3.63) is 23.2 Å². The third-order valence-corrected chi connectivity index (χ3v) is 3.99. The van der Waals surface area contributed by atoms with E-state index in [9.17, 15) is 9.90 Å². The van der Waals surface area contributed by atoms with Crippen LogP contribution in [0.3, 0.4) is 0 Å². The first-order valence-electron chi connectivity index (χ1n) is 6.06. The zero-order valence-corrected chi connectivity index (χ0v) is 10.9. The molecule has 1 saturated carbocycles. The van der Waals surface area contributed by atoms with Gasteiger partial charge in [0.25, 0.3) is 0 Å². The third kappa shape index (κ3) is 2.15. The molecule has 1 fully saturated rings. The molecule has 0 aromatic carbocycles. The number of hydrogen-bond donors (Lipinski definition) is 3. The largest absolute Gasteiger partial charge is 0.475 e. The number of carbonyl (C=O) groups is 1. The summed E-state index contributed by atoms with van der Waals surface area (Å²) in [7, 11) is 0. The molecule has 0 saturated heterocycles. The molecule has 5 heteroatoms. The van der Waals surface area contributed by atoms with Gasteiger partial charge in [-0.2, -0.15) is 0 Å². The van der Waals surface area contributed by atoms with E-state index in [-0.39, 0.29) is 23.3 Å². The van der Waals surface area contributed by atoms with Crippen molar-refractivity contribution in [1.82, 2.24) is 5.32 Å². The fourth-order valence-corrected chi connectivity index (χ4v) is 2.28. The molecule has 0 radical (unpaired) electrons. The highest BCUT2D eigenvalue weighted by atomic mass is 16.4. The maximum absolute atomic E-state index is 10.8. The Morgan fingerprint density at radius 3 is 2.72 bits per heavy atom. The van der Waals surface area contributed by atoms with Crippen LogP contribution in [0.5, 0.6) is 0 Å². The zero-order chi connectivity index (χ0) is 13.5. The first-order chi connectivity index (χ1) is 8.32. The van der Waals surface area contributed by atoms with Crippen LogP contribution in [0.25, 0.3) is 0 Å². The summed E-state index contributed by atoms with van der Waals surface area (Å²) < 4.78 is 5.14. The Balaban J connectivity index is 1.97. The number of rotatable bonds is 4. The molecule has 1 aromatic heterocycles. The summed E-state index contributed by atoms with van der Waals surface area (Å²) in [5.41, 5.74) is 0.720. The topological polar surface area (TPSA) is 82.7 Å². The fourth-order valence-electron chi connectivity index (χ4n) is 2.28. The molecule has 0 amide bonds. The van der Waals surface area contributed by atoms with Crippen molar-refractivity contribution < 1.29 is 19.4 Å². The minimum absolute atomic E-state index is 0.0304. The van der Waals surface area contributed by atoms with Crippen LogP contribution in [0.2, 0.25) is 0 Å². The van der Waals surface area contributed by atoms with E-state index in [0.717, 1.165) is 12.0 Å². The second-order valence-corrected chi connectivity index (χ2v) is 5.50. The van der Waals surface area contributed by atoms with Gasteiger partial charge in [0.05, 0.1) is 6.10 Å². The molecular weight excluding hydrogens is 234 g/mol. The second-order valence-electron chi connectivity index (χ2n) is 5.50. The van der Waals surface area contributed by atoms with Crippen molar-refractivity contribution in [2.75, 3.05) is 0 Å². The number of nitrogens with one attached hydrogen (secondary N) is 1. The lowest BCUT2D eigenvalue weighted by Gasteiger charge is -2.49. The number of carboxylic acids is 1. The van der Waals surface area contributed by atoms with Crippen molar-refractivity contribution in [2.45, 2.75) is 45.9 Å². The number of carboxylic acid groups (broad SMARTS) is 1. The second kappa shape index (κ2) is 4.40. The van der Waals surface area contributed by atoms with Crippen LogP contribution in [0, 0.1) is 12.3 Å². The molecule has 100 valence electrons. The van der Waals surface area contributed by atoms with Crippen molar-refractivity contribution in [1.29, 1.82) is 0 Å². The van der Waals surface area contributed by atoms with E-state index in [1.165, 1.54) is 0 Å². The van der Waals surface area contributed by atoms with Crippen LogP contribution in [0.15, 0.2) is 10.5 Å². The lowest BCUT2D eigenvalue weighted by Crippen LogP contribution is -2.59. The average Bonchev–Trinajstić information content (AvgIpc) is 2.66. The van der Waals surface area contributed by atoms with Crippen LogP contribution >= 0.6 is 0 Å². The van der Waals surface area contributed by atoms with E-state index in [2.05, 4.69) is 5.32 Å². The highest BCUT2D eigenvalue weighted by molar-refractivity contribution is 5.84. The summed E-state index contributed by atoms with van der Waals surface area (Å²) in [6.45, 7) is 6.35. The minimum Gasteiger partial charge on any atom is -0.475 e. The summed E-state index contributed by atoms with van der Waals surface area (Å²) in [6, 6.07) is 1.79. The van der Waals surface area contributed by atoms with Crippen LogP contribution < -0.4 is 5.32 Å². The molecule has 1 aliphatic rings. The maximum atomic E-state index is 10.8. The number of aromatic carboxylic acids is 1. The molecular formula is C13H19NO4. The van der Waals surface area contributed by atoms with E-state index < -0.39 is 5.97 Å². The highest BCUT2D eigenvalue weighted by Crippen LogP contribution is 2.40. The van der Waals surface area contributed by atoms with Gasteiger partial charge in [0.1, 0.15) is 5.76 Å². The smallest absolute Gasteiger partial charge is 0.371 e. The van der Waals surface area contributed by atoms with Gasteiger partial charge in [0.2, 0.25) is 5.76 Å². The molecule has 0 bridgehead atoms. The van der Waals surface area contributed by atoms with Crippen molar-refractivity contribution >= 4 is 5.97 Å². The van der Waals surface area contributed by atoms with Crippen LogP contribution in [0.1, 0.15) is 42.1 Å². The van der Waals surface area contributed by atoms with Gasteiger partial charge in [-0.25, -0.2) is 4.79 Å². The number of aryl methyl sites for hydroxylation is 1. The number of aliphatic hydroxyl groups excluding tert-OH is 1. The Morgan fingerprint density at radius 1 is 1.61 bits per heavy atom. The zero-order valence-electron chi connectivity index (χ0n) is 10.9. The SMILES string of the molecule is Cc1oc(C(=O)O)cc1CNC1CC(O)C1(C)C. The molecule has 3 N–H and O–H groups in total. The van der Waals surface area contributed by atoms with E-state index in [4.69, 9.17) is 9.52 Å². The number of hydrogen-bond acceptors (Lipinski definition) is 4. The van der Waals surface area contributed by atoms with Crippen LogP contribution in [-0.2, 0) is 6.54 Å². The van der Waals surface area contributed by atoms with Gasteiger partial charge in [-0.3, -0.25) is 0 Å². The van der Waals surface area contributed by atoms with Gasteiger partial charge in [0, 0.05) is 23.6 Å². The third-order valence-electron chi connectivity index (χ3n) is 3.99.